The highest BCUT2D eigenvalue weighted by atomic mass is 35.5. The third-order valence-corrected chi connectivity index (χ3v) is 4.59. The number of nitrogens with one attached hydrogen (secondary N) is 1. The molecule has 2 unspecified atom stereocenters. The van der Waals surface area contributed by atoms with E-state index in [0.29, 0.717) is 35.9 Å². The summed E-state index contributed by atoms with van der Waals surface area (Å²) in [6.45, 7) is 0.485. The number of benzene rings is 1. The first kappa shape index (κ1) is 16.9. The van der Waals surface area contributed by atoms with Crippen molar-refractivity contribution in [2.24, 2.45) is 5.92 Å². The Morgan fingerprint density at radius 2 is 1.86 bits per heavy atom. The lowest BCUT2D eigenvalue weighted by Crippen LogP contribution is -2.46. The average molecular weight is 340 g/mol. The summed E-state index contributed by atoms with van der Waals surface area (Å²) in [5, 5.41) is 4.17. The average Bonchev–Trinajstić information content (AvgIpc) is 2.41. The van der Waals surface area contributed by atoms with E-state index < -0.39 is 18.1 Å². The van der Waals surface area contributed by atoms with E-state index in [0.717, 1.165) is 12.0 Å². The van der Waals surface area contributed by atoms with Crippen molar-refractivity contribution in [1.82, 2.24) is 5.32 Å². The van der Waals surface area contributed by atoms with E-state index in [1.807, 2.05) is 6.07 Å². The molecule has 0 bridgehead atoms. The van der Waals surface area contributed by atoms with Gasteiger partial charge < -0.3 is 5.32 Å². The fourth-order valence-electron chi connectivity index (χ4n) is 2.88. The second-order valence-corrected chi connectivity index (χ2v) is 6.32. The minimum atomic E-state index is -4.12. The van der Waals surface area contributed by atoms with Gasteiger partial charge in [0.05, 0.1) is 5.92 Å². The number of rotatable bonds is 4. The van der Waals surface area contributed by atoms with Crippen molar-refractivity contribution in [3.8, 4) is 0 Å². The highest BCUT2D eigenvalue weighted by Gasteiger charge is 2.45. The third kappa shape index (κ3) is 4.76. The molecule has 21 heavy (non-hydrogen) atoms. The largest absolute Gasteiger partial charge is 0.393 e. The topological polar surface area (TPSA) is 12.0 Å². The van der Waals surface area contributed by atoms with Crippen molar-refractivity contribution in [3.63, 3.8) is 0 Å². The Morgan fingerprint density at radius 1 is 1.14 bits per heavy atom. The van der Waals surface area contributed by atoms with Crippen molar-refractivity contribution in [3.05, 3.63) is 33.8 Å². The monoisotopic (exact) mass is 339 g/mol. The smallest absolute Gasteiger partial charge is 0.313 e. The van der Waals surface area contributed by atoms with Gasteiger partial charge in [-0.1, -0.05) is 42.1 Å². The second-order valence-electron chi connectivity index (χ2n) is 5.48. The van der Waals surface area contributed by atoms with Crippen LogP contribution in [0, 0.1) is 5.92 Å². The first-order valence-electron chi connectivity index (χ1n) is 7.12. The van der Waals surface area contributed by atoms with Crippen LogP contribution in [0.3, 0.4) is 0 Å². The van der Waals surface area contributed by atoms with E-state index in [-0.39, 0.29) is 6.42 Å². The second kappa shape index (κ2) is 7.21. The quantitative estimate of drug-likeness (QED) is 0.790. The normalized spacial score (nSPS) is 23.3. The van der Waals surface area contributed by atoms with Crippen LogP contribution in [0.5, 0.6) is 0 Å². The molecule has 0 amide bonds. The summed E-state index contributed by atoms with van der Waals surface area (Å²) in [5.74, 6) is -1.23. The lowest BCUT2D eigenvalue weighted by atomic mass is 9.84. The summed E-state index contributed by atoms with van der Waals surface area (Å²) < 4.78 is 38.9. The Bertz CT molecular complexity index is 476. The van der Waals surface area contributed by atoms with Gasteiger partial charge in [0.25, 0.3) is 0 Å². The van der Waals surface area contributed by atoms with Crippen LogP contribution in [0.15, 0.2) is 18.2 Å². The maximum absolute atomic E-state index is 13.0. The fraction of sp³-hybridized carbons (Fsp3) is 0.600. The molecule has 2 rings (SSSR count). The Morgan fingerprint density at radius 3 is 2.52 bits per heavy atom. The molecule has 1 aromatic rings. The summed E-state index contributed by atoms with van der Waals surface area (Å²) in [6, 6.07) is 4.72. The summed E-state index contributed by atoms with van der Waals surface area (Å²) >= 11 is 11.9. The first-order valence-corrected chi connectivity index (χ1v) is 7.87. The minimum absolute atomic E-state index is 0.225. The van der Waals surface area contributed by atoms with Crippen molar-refractivity contribution >= 4 is 23.2 Å². The Balaban J connectivity index is 1.89. The number of alkyl halides is 3. The molecule has 1 aliphatic carbocycles. The number of hydrogen-bond acceptors (Lipinski definition) is 1. The summed E-state index contributed by atoms with van der Waals surface area (Å²) in [7, 11) is 0. The Kier molecular flexibility index (Phi) is 5.81. The molecule has 118 valence electrons. The zero-order chi connectivity index (χ0) is 15.5. The SMILES string of the molecule is FC(F)(F)C1CCCCC1NCCc1ccc(Cl)cc1Cl. The Hall–Kier alpha value is -0.450. The van der Waals surface area contributed by atoms with Crippen LogP contribution < -0.4 is 5.32 Å². The molecule has 0 spiro atoms. The van der Waals surface area contributed by atoms with E-state index in [1.54, 1.807) is 12.1 Å². The van der Waals surface area contributed by atoms with E-state index in [9.17, 15) is 13.2 Å². The van der Waals surface area contributed by atoms with Crippen LogP contribution in [0.2, 0.25) is 10.0 Å². The molecule has 1 N–H and O–H groups in total. The molecule has 0 radical (unpaired) electrons. The van der Waals surface area contributed by atoms with Crippen LogP contribution in [0.4, 0.5) is 13.2 Å². The van der Waals surface area contributed by atoms with Gasteiger partial charge in [-0.2, -0.15) is 13.2 Å². The van der Waals surface area contributed by atoms with Gasteiger partial charge in [-0.05, 0) is 43.5 Å². The molecule has 1 fully saturated rings. The molecule has 6 heteroatoms. The molecular weight excluding hydrogens is 322 g/mol. The van der Waals surface area contributed by atoms with Crippen LogP contribution in [0.1, 0.15) is 31.2 Å². The standard InChI is InChI=1S/C15H18Cl2F3N/c16-11-6-5-10(13(17)9-11)7-8-21-14-4-2-1-3-12(14)15(18,19)20/h5-6,9,12,14,21H,1-4,7-8H2. The van der Waals surface area contributed by atoms with Crippen LogP contribution in [-0.2, 0) is 6.42 Å². The molecular formula is C15H18Cl2F3N. The maximum Gasteiger partial charge on any atom is 0.393 e. The van der Waals surface area contributed by atoms with Gasteiger partial charge in [-0.3, -0.25) is 0 Å². The number of halogens is 5. The summed E-state index contributed by atoms with van der Waals surface area (Å²) in [6.07, 6.45) is -1.20. The van der Waals surface area contributed by atoms with Gasteiger partial charge in [0.1, 0.15) is 0 Å². The van der Waals surface area contributed by atoms with Gasteiger partial charge in [0.15, 0.2) is 0 Å². The molecule has 0 aromatic heterocycles. The molecule has 2 atom stereocenters. The van der Waals surface area contributed by atoms with Gasteiger partial charge in [0, 0.05) is 16.1 Å². The van der Waals surface area contributed by atoms with Gasteiger partial charge in [0.2, 0.25) is 0 Å². The molecule has 1 aromatic carbocycles. The van der Waals surface area contributed by atoms with E-state index in [4.69, 9.17) is 23.2 Å². The van der Waals surface area contributed by atoms with Gasteiger partial charge >= 0.3 is 6.18 Å². The van der Waals surface area contributed by atoms with E-state index in [1.165, 1.54) is 0 Å². The molecule has 0 aliphatic heterocycles. The van der Waals surface area contributed by atoms with Gasteiger partial charge in [-0.25, -0.2) is 0 Å². The highest BCUT2D eigenvalue weighted by Crippen LogP contribution is 2.37. The molecule has 1 nitrogen and oxygen atoms in total. The van der Waals surface area contributed by atoms with Crippen molar-refractivity contribution in [2.75, 3.05) is 6.54 Å². The van der Waals surface area contributed by atoms with Crippen molar-refractivity contribution in [2.45, 2.75) is 44.3 Å². The molecule has 1 saturated carbocycles. The fourth-order valence-corrected chi connectivity index (χ4v) is 3.39. The third-order valence-electron chi connectivity index (χ3n) is 4.00. The van der Waals surface area contributed by atoms with Crippen molar-refractivity contribution in [1.29, 1.82) is 0 Å². The van der Waals surface area contributed by atoms with Crippen LogP contribution in [0.25, 0.3) is 0 Å². The zero-order valence-corrected chi connectivity index (χ0v) is 13.0. The zero-order valence-electron chi connectivity index (χ0n) is 11.5. The van der Waals surface area contributed by atoms with E-state index in [2.05, 4.69) is 5.32 Å². The van der Waals surface area contributed by atoms with Crippen LogP contribution in [-0.4, -0.2) is 18.8 Å². The predicted molar refractivity (Wildman–Crippen MR) is 80.0 cm³/mol. The Labute approximate surface area is 132 Å². The summed E-state index contributed by atoms with van der Waals surface area (Å²) in [5.41, 5.74) is 0.896. The molecule has 1 aliphatic rings. The van der Waals surface area contributed by atoms with Crippen molar-refractivity contribution < 1.29 is 13.2 Å². The maximum atomic E-state index is 13.0. The number of hydrogen-bond donors (Lipinski definition) is 1. The molecule has 0 saturated heterocycles. The first-order chi connectivity index (χ1) is 9.88. The summed E-state index contributed by atoms with van der Waals surface area (Å²) in [4.78, 5) is 0. The molecule has 0 heterocycles. The minimum Gasteiger partial charge on any atom is -0.313 e. The lowest BCUT2D eigenvalue weighted by Gasteiger charge is -2.33. The highest BCUT2D eigenvalue weighted by molar-refractivity contribution is 6.35. The predicted octanol–water partition coefficient (Wildman–Crippen LogP) is 5.25. The van der Waals surface area contributed by atoms with E-state index >= 15 is 0 Å². The van der Waals surface area contributed by atoms with Gasteiger partial charge in [-0.15, -0.1) is 0 Å². The lowest BCUT2D eigenvalue weighted by molar-refractivity contribution is -0.188. The van der Waals surface area contributed by atoms with Crippen LogP contribution >= 0.6 is 23.2 Å².